The number of H-pyrrole nitrogens is 1. The summed E-state index contributed by atoms with van der Waals surface area (Å²) in [6.45, 7) is 2.60. The van der Waals surface area contributed by atoms with E-state index in [4.69, 9.17) is 4.74 Å². The molecule has 2 atom stereocenters. The minimum Gasteiger partial charge on any atom is -0.370 e. The van der Waals surface area contributed by atoms with Gasteiger partial charge in [0.25, 0.3) is 5.56 Å². The summed E-state index contributed by atoms with van der Waals surface area (Å²) in [5.74, 6) is 1.18. The van der Waals surface area contributed by atoms with Gasteiger partial charge in [0.05, 0.1) is 17.0 Å². The van der Waals surface area contributed by atoms with Crippen molar-refractivity contribution in [3.05, 3.63) is 64.7 Å². The largest absolute Gasteiger partial charge is 0.370 e. The predicted octanol–water partition coefficient (Wildman–Crippen LogP) is 4.69. The van der Waals surface area contributed by atoms with Gasteiger partial charge < -0.3 is 9.72 Å². The first-order valence-electron chi connectivity index (χ1n) is 9.41. The van der Waals surface area contributed by atoms with Crippen LogP contribution < -0.4 is 5.56 Å². The second-order valence-corrected chi connectivity index (χ2v) is 7.22. The predicted molar refractivity (Wildman–Crippen MR) is 104 cm³/mol. The van der Waals surface area contributed by atoms with E-state index >= 15 is 0 Å². The van der Waals surface area contributed by atoms with E-state index in [2.05, 4.69) is 16.9 Å². The smallest absolute Gasteiger partial charge is 0.258 e. The number of hydrogen-bond donors (Lipinski definition) is 1. The standard InChI is InChI=1S/C22H24N2O2/c1-15-7-5-6-10-20(15)26-14-21-23-19-12-11-17(13-18(19)22(25)24-21)16-8-3-2-4-9-16/h2-4,8-9,11-13,15,20H,5-7,10,14H2,1H3,(H,23,24,25)/t15-,20-/m1/s1. The molecule has 0 spiro atoms. The minimum atomic E-state index is -0.108. The van der Waals surface area contributed by atoms with Gasteiger partial charge in [-0.1, -0.05) is 56.2 Å². The lowest BCUT2D eigenvalue weighted by Crippen LogP contribution is -2.26. The van der Waals surface area contributed by atoms with E-state index in [0.717, 1.165) is 17.5 Å². The maximum absolute atomic E-state index is 12.5. The fourth-order valence-electron chi connectivity index (χ4n) is 3.78. The highest BCUT2D eigenvalue weighted by molar-refractivity contribution is 5.83. The van der Waals surface area contributed by atoms with Gasteiger partial charge in [0.1, 0.15) is 12.4 Å². The molecule has 4 rings (SSSR count). The van der Waals surface area contributed by atoms with Crippen LogP contribution in [0, 0.1) is 5.92 Å². The summed E-state index contributed by atoms with van der Waals surface area (Å²) in [5, 5.41) is 0.612. The number of nitrogens with zero attached hydrogens (tertiary/aromatic N) is 1. The van der Waals surface area contributed by atoms with Crippen LogP contribution in [0.2, 0.25) is 0 Å². The number of aromatic nitrogens is 2. The van der Waals surface area contributed by atoms with Gasteiger partial charge in [-0.05, 0) is 42.0 Å². The van der Waals surface area contributed by atoms with Gasteiger partial charge in [-0.3, -0.25) is 4.79 Å². The summed E-state index contributed by atoms with van der Waals surface area (Å²) in [7, 11) is 0. The van der Waals surface area contributed by atoms with Crippen LogP contribution in [0.15, 0.2) is 53.3 Å². The highest BCUT2D eigenvalue weighted by Crippen LogP contribution is 2.27. The Kier molecular flexibility index (Phi) is 4.85. The molecule has 0 saturated heterocycles. The second-order valence-electron chi connectivity index (χ2n) is 7.22. The second kappa shape index (κ2) is 7.42. The van der Waals surface area contributed by atoms with E-state index in [1.54, 1.807) is 0 Å². The van der Waals surface area contributed by atoms with Crippen molar-refractivity contribution in [3.8, 4) is 11.1 Å². The molecule has 1 heterocycles. The molecule has 1 aliphatic carbocycles. The molecule has 0 bridgehead atoms. The van der Waals surface area contributed by atoms with Gasteiger partial charge in [-0.2, -0.15) is 0 Å². The zero-order chi connectivity index (χ0) is 17.9. The molecule has 26 heavy (non-hydrogen) atoms. The number of nitrogens with one attached hydrogen (secondary N) is 1. The van der Waals surface area contributed by atoms with E-state index in [9.17, 15) is 4.79 Å². The summed E-state index contributed by atoms with van der Waals surface area (Å²) in [5.41, 5.74) is 2.71. The Morgan fingerprint density at radius 1 is 1.08 bits per heavy atom. The molecular weight excluding hydrogens is 324 g/mol. The molecule has 1 fully saturated rings. The van der Waals surface area contributed by atoms with Crippen LogP contribution in [0.25, 0.3) is 22.0 Å². The molecule has 4 heteroatoms. The third-order valence-corrected chi connectivity index (χ3v) is 5.33. The molecule has 2 aromatic carbocycles. The van der Waals surface area contributed by atoms with Gasteiger partial charge in [-0.15, -0.1) is 0 Å². The van der Waals surface area contributed by atoms with Crippen molar-refractivity contribution in [1.82, 2.24) is 9.97 Å². The summed E-state index contributed by atoms with van der Waals surface area (Å²) < 4.78 is 6.05. The molecule has 1 saturated carbocycles. The number of benzene rings is 2. The van der Waals surface area contributed by atoms with Crippen molar-refractivity contribution >= 4 is 10.9 Å². The van der Waals surface area contributed by atoms with Crippen molar-refractivity contribution in [1.29, 1.82) is 0 Å². The van der Waals surface area contributed by atoms with Crippen LogP contribution in [0.4, 0.5) is 0 Å². The zero-order valence-corrected chi connectivity index (χ0v) is 15.1. The lowest BCUT2D eigenvalue weighted by molar-refractivity contribution is -0.0181. The summed E-state index contributed by atoms with van der Waals surface area (Å²) in [6.07, 6.45) is 5.09. The molecule has 0 amide bonds. The number of aromatic amines is 1. The molecule has 1 aromatic heterocycles. The zero-order valence-electron chi connectivity index (χ0n) is 15.1. The Morgan fingerprint density at radius 3 is 2.69 bits per heavy atom. The van der Waals surface area contributed by atoms with E-state index < -0.39 is 0 Å². The lowest BCUT2D eigenvalue weighted by Gasteiger charge is -2.28. The molecule has 0 unspecified atom stereocenters. The first-order chi connectivity index (χ1) is 12.7. The van der Waals surface area contributed by atoms with Gasteiger partial charge in [0.15, 0.2) is 0 Å². The van der Waals surface area contributed by atoms with Crippen molar-refractivity contribution in [2.75, 3.05) is 0 Å². The third-order valence-electron chi connectivity index (χ3n) is 5.33. The summed E-state index contributed by atoms with van der Waals surface area (Å²) >= 11 is 0. The van der Waals surface area contributed by atoms with Crippen LogP contribution in [-0.2, 0) is 11.3 Å². The molecule has 1 aliphatic rings. The SMILES string of the molecule is C[C@@H]1CCCC[C@H]1OCc1nc2ccc(-c3ccccc3)cc2c(=O)[nH]1. The van der Waals surface area contributed by atoms with Gasteiger partial charge >= 0.3 is 0 Å². The number of rotatable bonds is 4. The van der Waals surface area contributed by atoms with E-state index in [1.165, 1.54) is 19.3 Å². The minimum absolute atomic E-state index is 0.108. The monoisotopic (exact) mass is 348 g/mol. The maximum Gasteiger partial charge on any atom is 0.258 e. The molecule has 0 aliphatic heterocycles. The number of ether oxygens (including phenoxy) is 1. The quantitative estimate of drug-likeness (QED) is 0.744. The van der Waals surface area contributed by atoms with Crippen LogP contribution in [0.1, 0.15) is 38.4 Å². The first-order valence-corrected chi connectivity index (χ1v) is 9.41. The Balaban J connectivity index is 1.58. The topological polar surface area (TPSA) is 55.0 Å². The van der Waals surface area contributed by atoms with Crippen LogP contribution in [0.5, 0.6) is 0 Å². The summed E-state index contributed by atoms with van der Waals surface area (Å²) in [6, 6.07) is 15.9. The van der Waals surface area contributed by atoms with Crippen molar-refractivity contribution < 1.29 is 4.74 Å². The Hall–Kier alpha value is -2.46. The van der Waals surface area contributed by atoms with E-state index in [0.29, 0.717) is 29.3 Å². The molecule has 1 N–H and O–H groups in total. The normalized spacial score (nSPS) is 20.3. The molecule has 134 valence electrons. The molecule has 0 radical (unpaired) electrons. The van der Waals surface area contributed by atoms with Gasteiger partial charge in [0, 0.05) is 0 Å². The average molecular weight is 348 g/mol. The molecule has 4 nitrogen and oxygen atoms in total. The fourth-order valence-corrected chi connectivity index (χ4v) is 3.78. The summed E-state index contributed by atoms with van der Waals surface area (Å²) in [4.78, 5) is 20.0. The third kappa shape index (κ3) is 3.56. The Bertz CT molecular complexity index is 949. The van der Waals surface area contributed by atoms with E-state index in [-0.39, 0.29) is 11.7 Å². The van der Waals surface area contributed by atoms with Crippen molar-refractivity contribution in [2.24, 2.45) is 5.92 Å². The van der Waals surface area contributed by atoms with Crippen LogP contribution in [-0.4, -0.2) is 16.1 Å². The molecular formula is C22H24N2O2. The fraction of sp³-hybridized carbons (Fsp3) is 0.364. The van der Waals surface area contributed by atoms with Crippen LogP contribution in [0.3, 0.4) is 0 Å². The van der Waals surface area contributed by atoms with E-state index in [1.807, 2.05) is 48.5 Å². The number of fused-ring (bicyclic) bond motifs is 1. The highest BCUT2D eigenvalue weighted by atomic mass is 16.5. The first kappa shape index (κ1) is 17.0. The Morgan fingerprint density at radius 2 is 1.88 bits per heavy atom. The maximum atomic E-state index is 12.5. The van der Waals surface area contributed by atoms with Gasteiger partial charge in [0.2, 0.25) is 0 Å². The number of hydrogen-bond acceptors (Lipinski definition) is 3. The van der Waals surface area contributed by atoms with Crippen LogP contribution >= 0.6 is 0 Å². The highest BCUT2D eigenvalue weighted by Gasteiger charge is 2.22. The molecule has 3 aromatic rings. The Labute approximate surface area is 153 Å². The van der Waals surface area contributed by atoms with Gasteiger partial charge in [-0.25, -0.2) is 4.98 Å². The lowest BCUT2D eigenvalue weighted by atomic mass is 9.88. The van der Waals surface area contributed by atoms with Crippen molar-refractivity contribution in [2.45, 2.75) is 45.3 Å². The average Bonchev–Trinajstić information content (AvgIpc) is 2.68. The van der Waals surface area contributed by atoms with Crippen molar-refractivity contribution in [3.63, 3.8) is 0 Å².